The molecule has 1 aromatic carbocycles. The fourth-order valence-electron chi connectivity index (χ4n) is 1.49. The third kappa shape index (κ3) is 4.63. The molecule has 1 aromatic rings. The molecule has 4 nitrogen and oxygen atoms in total. The van der Waals surface area contributed by atoms with Gasteiger partial charge in [-0.15, -0.1) is 12.4 Å². The average Bonchev–Trinajstić information content (AvgIpc) is 2.17. The second kappa shape index (κ2) is 6.96. The number of halogens is 1. The summed E-state index contributed by atoms with van der Waals surface area (Å²) in [6, 6.07) is 5.29. The minimum Gasteiger partial charge on any atom is -0.330 e. The zero-order valence-electron chi connectivity index (χ0n) is 10.1. The second-order valence-electron chi connectivity index (χ2n) is 3.81. The van der Waals surface area contributed by atoms with Crippen molar-refractivity contribution in [3.63, 3.8) is 0 Å². The Labute approximate surface area is 109 Å². The van der Waals surface area contributed by atoms with Gasteiger partial charge in [0.25, 0.3) is 0 Å². The molecular weight excluding hydrogens is 260 g/mol. The van der Waals surface area contributed by atoms with E-state index in [9.17, 15) is 8.42 Å². The summed E-state index contributed by atoms with van der Waals surface area (Å²) < 4.78 is 26.3. The van der Waals surface area contributed by atoms with Gasteiger partial charge in [0.2, 0.25) is 10.0 Å². The molecule has 6 heteroatoms. The highest BCUT2D eigenvalue weighted by Crippen LogP contribution is 2.15. The summed E-state index contributed by atoms with van der Waals surface area (Å²) >= 11 is 0. The van der Waals surface area contributed by atoms with Gasteiger partial charge in [0.15, 0.2) is 0 Å². The first-order valence-electron chi connectivity index (χ1n) is 5.24. The molecule has 98 valence electrons. The summed E-state index contributed by atoms with van der Waals surface area (Å²) in [7, 11) is -3.39. The molecule has 1 rings (SSSR count). The summed E-state index contributed by atoms with van der Waals surface area (Å²) in [5.41, 5.74) is 7.13. The van der Waals surface area contributed by atoms with Crippen molar-refractivity contribution in [2.75, 3.05) is 13.1 Å². The fraction of sp³-hybridized carbons (Fsp3) is 0.455. The SMILES string of the molecule is Cc1ccc(S(=O)(=O)NCCCN)c(C)c1.Cl. The van der Waals surface area contributed by atoms with E-state index in [4.69, 9.17) is 5.73 Å². The quantitative estimate of drug-likeness (QED) is 0.799. The lowest BCUT2D eigenvalue weighted by atomic mass is 10.2. The van der Waals surface area contributed by atoms with Crippen LogP contribution in [0.4, 0.5) is 0 Å². The zero-order valence-corrected chi connectivity index (χ0v) is 11.7. The number of hydrogen-bond acceptors (Lipinski definition) is 3. The minimum absolute atomic E-state index is 0. The van der Waals surface area contributed by atoms with Gasteiger partial charge in [-0.2, -0.15) is 0 Å². The highest BCUT2D eigenvalue weighted by molar-refractivity contribution is 7.89. The highest BCUT2D eigenvalue weighted by Gasteiger charge is 2.15. The summed E-state index contributed by atoms with van der Waals surface area (Å²) in [6.45, 7) is 4.59. The maximum atomic E-state index is 11.9. The molecule has 17 heavy (non-hydrogen) atoms. The maximum absolute atomic E-state index is 11.9. The fourth-order valence-corrected chi connectivity index (χ4v) is 2.79. The Morgan fingerprint density at radius 1 is 1.29 bits per heavy atom. The summed E-state index contributed by atoms with van der Waals surface area (Å²) in [5.74, 6) is 0. The van der Waals surface area contributed by atoms with Crippen LogP contribution >= 0.6 is 12.4 Å². The van der Waals surface area contributed by atoms with Crippen molar-refractivity contribution in [1.29, 1.82) is 0 Å². The molecule has 0 saturated carbocycles. The minimum atomic E-state index is -3.39. The van der Waals surface area contributed by atoms with Crippen molar-refractivity contribution >= 4 is 22.4 Å². The zero-order chi connectivity index (χ0) is 12.2. The van der Waals surface area contributed by atoms with E-state index in [-0.39, 0.29) is 12.4 Å². The molecular formula is C11H19ClN2O2S. The molecule has 0 aliphatic carbocycles. The molecule has 0 heterocycles. The van der Waals surface area contributed by atoms with Crippen LogP contribution in [-0.4, -0.2) is 21.5 Å². The van der Waals surface area contributed by atoms with Crippen LogP contribution in [0.3, 0.4) is 0 Å². The van der Waals surface area contributed by atoms with Crippen LogP contribution in [0.1, 0.15) is 17.5 Å². The van der Waals surface area contributed by atoms with Crippen molar-refractivity contribution in [3.05, 3.63) is 29.3 Å². The van der Waals surface area contributed by atoms with Gasteiger partial charge in [-0.3, -0.25) is 0 Å². The van der Waals surface area contributed by atoms with E-state index < -0.39 is 10.0 Å². The second-order valence-corrected chi connectivity index (χ2v) is 5.54. The predicted octanol–water partition coefficient (Wildman–Crippen LogP) is 1.35. The van der Waals surface area contributed by atoms with E-state index in [0.29, 0.717) is 24.4 Å². The Morgan fingerprint density at radius 2 is 1.94 bits per heavy atom. The van der Waals surface area contributed by atoms with Crippen LogP contribution in [0.5, 0.6) is 0 Å². The van der Waals surface area contributed by atoms with Crippen LogP contribution in [0.25, 0.3) is 0 Å². The van der Waals surface area contributed by atoms with Gasteiger partial charge >= 0.3 is 0 Å². The van der Waals surface area contributed by atoms with E-state index in [1.807, 2.05) is 13.0 Å². The predicted molar refractivity (Wildman–Crippen MR) is 72.0 cm³/mol. The molecule has 0 aliphatic rings. The van der Waals surface area contributed by atoms with Crippen molar-refractivity contribution in [1.82, 2.24) is 4.72 Å². The first kappa shape index (κ1) is 16.4. The number of aryl methyl sites for hydroxylation is 2. The van der Waals surface area contributed by atoms with Crippen LogP contribution < -0.4 is 10.5 Å². The van der Waals surface area contributed by atoms with E-state index in [1.54, 1.807) is 19.1 Å². The van der Waals surface area contributed by atoms with Gasteiger partial charge < -0.3 is 5.73 Å². The molecule has 3 N–H and O–H groups in total. The lowest BCUT2D eigenvalue weighted by Crippen LogP contribution is -2.26. The van der Waals surface area contributed by atoms with Gasteiger partial charge in [-0.05, 0) is 38.4 Å². The van der Waals surface area contributed by atoms with Gasteiger partial charge in [0.05, 0.1) is 4.90 Å². The van der Waals surface area contributed by atoms with Gasteiger partial charge in [-0.1, -0.05) is 17.7 Å². The first-order chi connectivity index (χ1) is 7.47. The molecule has 0 radical (unpaired) electrons. The Bertz CT molecular complexity index is 461. The maximum Gasteiger partial charge on any atom is 0.240 e. The molecule has 0 aliphatic heterocycles. The molecule has 0 spiro atoms. The third-order valence-electron chi connectivity index (χ3n) is 2.29. The summed E-state index contributed by atoms with van der Waals surface area (Å²) in [6.07, 6.45) is 0.643. The molecule has 0 amide bonds. The van der Waals surface area contributed by atoms with E-state index in [2.05, 4.69) is 4.72 Å². The molecule has 0 atom stereocenters. The average molecular weight is 279 g/mol. The van der Waals surface area contributed by atoms with Crippen molar-refractivity contribution < 1.29 is 8.42 Å². The summed E-state index contributed by atoms with van der Waals surface area (Å²) in [4.78, 5) is 0.343. The number of rotatable bonds is 5. The molecule has 0 aromatic heterocycles. The molecule has 0 unspecified atom stereocenters. The van der Waals surface area contributed by atoms with Gasteiger partial charge in [0, 0.05) is 6.54 Å². The molecule has 0 bridgehead atoms. The Balaban J connectivity index is 0.00000256. The first-order valence-corrected chi connectivity index (χ1v) is 6.72. The monoisotopic (exact) mass is 278 g/mol. The summed E-state index contributed by atoms with van der Waals surface area (Å²) in [5, 5.41) is 0. The largest absolute Gasteiger partial charge is 0.330 e. The smallest absolute Gasteiger partial charge is 0.240 e. The number of hydrogen-bond donors (Lipinski definition) is 2. The van der Waals surface area contributed by atoms with Gasteiger partial charge in [-0.25, -0.2) is 13.1 Å². The van der Waals surface area contributed by atoms with Crippen LogP contribution in [0.2, 0.25) is 0 Å². The number of sulfonamides is 1. The van der Waals surface area contributed by atoms with E-state index in [1.165, 1.54) is 0 Å². The Morgan fingerprint density at radius 3 is 2.47 bits per heavy atom. The topological polar surface area (TPSA) is 72.2 Å². The standard InChI is InChI=1S/C11H18N2O2S.ClH/c1-9-4-5-11(10(2)8-9)16(14,15)13-7-3-6-12;/h4-5,8,13H,3,6-7,12H2,1-2H3;1H. The van der Waals surface area contributed by atoms with Gasteiger partial charge in [0.1, 0.15) is 0 Å². The van der Waals surface area contributed by atoms with E-state index >= 15 is 0 Å². The normalized spacial score (nSPS) is 11.0. The van der Waals surface area contributed by atoms with Crippen LogP contribution in [-0.2, 0) is 10.0 Å². The van der Waals surface area contributed by atoms with Crippen LogP contribution in [0, 0.1) is 13.8 Å². The van der Waals surface area contributed by atoms with Crippen molar-refractivity contribution in [3.8, 4) is 0 Å². The number of nitrogens with two attached hydrogens (primary N) is 1. The van der Waals surface area contributed by atoms with Crippen molar-refractivity contribution in [2.24, 2.45) is 5.73 Å². The molecule has 0 saturated heterocycles. The Kier molecular flexibility index (Phi) is 6.70. The number of nitrogens with one attached hydrogen (secondary N) is 1. The van der Waals surface area contributed by atoms with Crippen LogP contribution in [0.15, 0.2) is 23.1 Å². The lowest BCUT2D eigenvalue weighted by molar-refractivity contribution is 0.579. The van der Waals surface area contributed by atoms with Crippen molar-refractivity contribution in [2.45, 2.75) is 25.2 Å². The molecule has 0 fully saturated rings. The number of benzene rings is 1. The van der Waals surface area contributed by atoms with E-state index in [0.717, 1.165) is 11.1 Å². The third-order valence-corrected chi connectivity index (χ3v) is 3.91. The highest BCUT2D eigenvalue weighted by atomic mass is 35.5. The Hall–Kier alpha value is -0.620. The lowest BCUT2D eigenvalue weighted by Gasteiger charge is -2.09.